The predicted molar refractivity (Wildman–Crippen MR) is 124 cm³/mol. The minimum absolute atomic E-state index is 0.111. The first-order chi connectivity index (χ1) is 15.3. The molecule has 1 saturated heterocycles. The van der Waals surface area contributed by atoms with Gasteiger partial charge in [-0.1, -0.05) is 18.2 Å². The summed E-state index contributed by atoms with van der Waals surface area (Å²) in [6.07, 6.45) is 1.000. The number of amides is 1. The molecule has 1 amide bonds. The fraction of sp³-hybridized carbons (Fsp3) is 0.417. The number of hydrogen-bond donors (Lipinski definition) is 1. The van der Waals surface area contributed by atoms with Crippen molar-refractivity contribution in [2.24, 2.45) is 5.10 Å². The molecule has 7 nitrogen and oxygen atoms in total. The second-order valence-electron chi connectivity index (χ2n) is 9.20. The zero-order valence-electron chi connectivity index (χ0n) is 18.9. The van der Waals surface area contributed by atoms with Crippen LogP contribution in [0.25, 0.3) is 11.1 Å². The van der Waals surface area contributed by atoms with E-state index in [1.165, 1.54) is 6.07 Å². The molecule has 2 unspecified atom stereocenters. The normalized spacial score (nSPS) is 24.9. The predicted octanol–water partition coefficient (Wildman–Crippen LogP) is 3.05. The Morgan fingerprint density at radius 1 is 1.28 bits per heavy atom. The Hall–Kier alpha value is -3.13. The Balaban J connectivity index is 1.70. The van der Waals surface area contributed by atoms with Gasteiger partial charge in [0.25, 0.3) is 5.91 Å². The van der Waals surface area contributed by atoms with Gasteiger partial charge in [0.05, 0.1) is 11.2 Å². The number of amidine groups is 1. The number of ether oxygens (including phenoxy) is 1. The van der Waals surface area contributed by atoms with E-state index in [1.54, 1.807) is 12.1 Å². The van der Waals surface area contributed by atoms with Crippen molar-refractivity contribution in [3.05, 3.63) is 42.2 Å². The number of likely N-dealkylation sites (N-methyl/N-ethyl adjacent to an activating group) is 2. The van der Waals surface area contributed by atoms with Crippen LogP contribution in [0.3, 0.4) is 0 Å². The third-order valence-corrected chi connectivity index (χ3v) is 7.01. The molecule has 1 fully saturated rings. The van der Waals surface area contributed by atoms with Gasteiger partial charge in [-0.3, -0.25) is 4.79 Å². The van der Waals surface area contributed by atoms with Gasteiger partial charge in [-0.15, -0.1) is 0 Å². The topological polar surface area (TPSA) is 60.4 Å². The van der Waals surface area contributed by atoms with Crippen molar-refractivity contribution >= 4 is 23.1 Å². The van der Waals surface area contributed by atoms with Crippen LogP contribution in [0.1, 0.15) is 20.3 Å². The number of carbonyl (C=O) groups is 1. The first-order valence-corrected chi connectivity index (χ1v) is 10.9. The highest BCUT2D eigenvalue weighted by Crippen LogP contribution is 2.46. The SMILES string of the molecule is CC1C(=O)NN=C2COc3cc(-c4ccccc4F)c(N(C)C4(C)CCN(C)C4)cc3N21. The lowest BCUT2D eigenvalue weighted by atomic mass is 9.94. The zero-order valence-corrected chi connectivity index (χ0v) is 18.9. The Kier molecular flexibility index (Phi) is 4.85. The van der Waals surface area contributed by atoms with Gasteiger partial charge in [-0.25, -0.2) is 9.82 Å². The van der Waals surface area contributed by atoms with Gasteiger partial charge in [-0.05, 0) is 45.5 Å². The van der Waals surface area contributed by atoms with Crippen LogP contribution in [-0.4, -0.2) is 62.0 Å². The lowest BCUT2D eigenvalue weighted by Crippen LogP contribution is -2.55. The van der Waals surface area contributed by atoms with E-state index in [-0.39, 0.29) is 23.9 Å². The minimum Gasteiger partial charge on any atom is -0.483 e. The van der Waals surface area contributed by atoms with Crippen molar-refractivity contribution in [3.63, 3.8) is 0 Å². The number of hydrazone groups is 1. The number of benzene rings is 2. The van der Waals surface area contributed by atoms with Crippen molar-refractivity contribution in [2.45, 2.75) is 31.8 Å². The molecular weight excluding hydrogens is 409 g/mol. The molecule has 0 saturated carbocycles. The molecule has 168 valence electrons. The molecule has 0 aromatic heterocycles. The van der Waals surface area contributed by atoms with E-state index < -0.39 is 6.04 Å². The number of hydrogen-bond acceptors (Lipinski definition) is 6. The number of likely N-dealkylation sites (tertiary alicyclic amines) is 1. The Morgan fingerprint density at radius 3 is 2.78 bits per heavy atom. The zero-order chi connectivity index (χ0) is 22.6. The molecule has 5 rings (SSSR count). The van der Waals surface area contributed by atoms with Crippen LogP contribution in [0, 0.1) is 5.82 Å². The molecule has 0 spiro atoms. The fourth-order valence-corrected chi connectivity index (χ4v) is 4.97. The standard InChI is InChI=1S/C24H28FN5O2/c1-15-23(31)27-26-22-13-32-21-11-17(16-7-5-6-8-18(16)25)19(12-20(21)30(15)22)29(4)24(2)9-10-28(3)14-24/h5-8,11-12,15H,9-10,13-14H2,1-4H3,(H,27,31). The van der Waals surface area contributed by atoms with Crippen LogP contribution >= 0.6 is 0 Å². The number of carbonyl (C=O) groups excluding carboxylic acids is 1. The van der Waals surface area contributed by atoms with E-state index in [1.807, 2.05) is 30.0 Å². The van der Waals surface area contributed by atoms with E-state index in [0.717, 1.165) is 36.4 Å². The molecule has 0 aliphatic carbocycles. The van der Waals surface area contributed by atoms with Crippen LogP contribution in [0.5, 0.6) is 5.75 Å². The molecule has 32 heavy (non-hydrogen) atoms. The summed E-state index contributed by atoms with van der Waals surface area (Å²) < 4.78 is 20.9. The molecule has 0 bridgehead atoms. The number of rotatable bonds is 3. The summed E-state index contributed by atoms with van der Waals surface area (Å²) in [5.41, 5.74) is 5.42. The molecule has 8 heteroatoms. The summed E-state index contributed by atoms with van der Waals surface area (Å²) in [6, 6.07) is 10.3. The molecule has 0 radical (unpaired) electrons. The number of nitrogens with one attached hydrogen (secondary N) is 1. The highest BCUT2D eigenvalue weighted by atomic mass is 19.1. The van der Waals surface area contributed by atoms with Crippen molar-refractivity contribution < 1.29 is 13.9 Å². The van der Waals surface area contributed by atoms with Crippen LogP contribution in [-0.2, 0) is 4.79 Å². The monoisotopic (exact) mass is 437 g/mol. The van der Waals surface area contributed by atoms with E-state index in [2.05, 4.69) is 41.3 Å². The quantitative estimate of drug-likeness (QED) is 0.800. The average molecular weight is 438 g/mol. The van der Waals surface area contributed by atoms with Gasteiger partial charge < -0.3 is 19.4 Å². The maximum atomic E-state index is 14.9. The second kappa shape index (κ2) is 7.48. The van der Waals surface area contributed by atoms with Crippen LogP contribution < -0.4 is 20.0 Å². The van der Waals surface area contributed by atoms with E-state index >= 15 is 0 Å². The molecule has 3 heterocycles. The van der Waals surface area contributed by atoms with Gasteiger partial charge in [0, 0.05) is 37.0 Å². The van der Waals surface area contributed by atoms with Gasteiger partial charge in [0.2, 0.25) is 0 Å². The summed E-state index contributed by atoms with van der Waals surface area (Å²) in [5.74, 6) is 0.830. The highest BCUT2D eigenvalue weighted by Gasteiger charge is 2.40. The lowest BCUT2D eigenvalue weighted by Gasteiger charge is -2.42. The van der Waals surface area contributed by atoms with Crippen molar-refractivity contribution in [1.29, 1.82) is 0 Å². The molecule has 3 aliphatic heterocycles. The van der Waals surface area contributed by atoms with Gasteiger partial charge in [-0.2, -0.15) is 5.10 Å². The number of fused-ring (bicyclic) bond motifs is 3. The summed E-state index contributed by atoms with van der Waals surface area (Å²) in [6.45, 7) is 6.24. The molecule has 2 aromatic rings. The van der Waals surface area contributed by atoms with Crippen molar-refractivity contribution in [3.8, 4) is 16.9 Å². The van der Waals surface area contributed by atoms with Crippen molar-refractivity contribution in [2.75, 3.05) is 43.6 Å². The lowest BCUT2D eigenvalue weighted by molar-refractivity contribution is -0.122. The van der Waals surface area contributed by atoms with Crippen LogP contribution in [0.2, 0.25) is 0 Å². The van der Waals surface area contributed by atoms with Gasteiger partial charge in [0.1, 0.15) is 24.2 Å². The first kappa shape index (κ1) is 20.8. The third-order valence-electron chi connectivity index (χ3n) is 7.01. The summed E-state index contributed by atoms with van der Waals surface area (Å²) in [5, 5.41) is 4.19. The Labute approximate surface area is 187 Å². The maximum Gasteiger partial charge on any atom is 0.262 e. The molecule has 2 aromatic carbocycles. The molecular formula is C24H28FN5O2. The molecule has 1 N–H and O–H groups in total. The van der Waals surface area contributed by atoms with Crippen LogP contribution in [0.15, 0.2) is 41.5 Å². The first-order valence-electron chi connectivity index (χ1n) is 10.9. The number of halogens is 1. The number of nitrogens with zero attached hydrogens (tertiary/aromatic N) is 4. The highest BCUT2D eigenvalue weighted by molar-refractivity contribution is 6.10. The average Bonchev–Trinajstić information content (AvgIpc) is 3.14. The number of anilines is 2. The Morgan fingerprint density at radius 2 is 2.06 bits per heavy atom. The second-order valence-corrected chi connectivity index (χ2v) is 9.20. The van der Waals surface area contributed by atoms with Gasteiger partial charge in [0.15, 0.2) is 5.84 Å². The molecule has 3 aliphatic rings. The summed E-state index contributed by atoms with van der Waals surface area (Å²) in [4.78, 5) is 18.8. The van der Waals surface area contributed by atoms with E-state index in [9.17, 15) is 9.18 Å². The smallest absolute Gasteiger partial charge is 0.262 e. The fourth-order valence-electron chi connectivity index (χ4n) is 4.97. The van der Waals surface area contributed by atoms with Gasteiger partial charge >= 0.3 is 0 Å². The summed E-state index contributed by atoms with van der Waals surface area (Å²) in [7, 11) is 4.19. The van der Waals surface area contributed by atoms with E-state index in [0.29, 0.717) is 17.1 Å². The van der Waals surface area contributed by atoms with Crippen molar-refractivity contribution in [1.82, 2.24) is 10.3 Å². The van der Waals surface area contributed by atoms with Crippen LogP contribution in [0.4, 0.5) is 15.8 Å². The van der Waals surface area contributed by atoms with E-state index in [4.69, 9.17) is 4.74 Å². The maximum absolute atomic E-state index is 14.9. The Bertz CT molecular complexity index is 1120. The summed E-state index contributed by atoms with van der Waals surface area (Å²) >= 11 is 0. The minimum atomic E-state index is -0.421. The third kappa shape index (κ3) is 3.21. The molecule has 2 atom stereocenters. The largest absolute Gasteiger partial charge is 0.483 e.